The molecule has 0 saturated carbocycles. The minimum Gasteiger partial charge on any atom is -0.465 e. The van der Waals surface area contributed by atoms with E-state index in [2.05, 4.69) is 20.1 Å². The second-order valence-electron chi connectivity index (χ2n) is 10.9. The first-order valence-corrected chi connectivity index (χ1v) is 14.3. The van der Waals surface area contributed by atoms with E-state index in [0.717, 1.165) is 44.9 Å². The van der Waals surface area contributed by atoms with Crippen LogP contribution in [0.2, 0.25) is 0 Å². The number of allylic oxidation sites excluding steroid dienone is 1. The number of rotatable bonds is 15. The number of carbonyl (C=O) groups is 3. The van der Waals surface area contributed by atoms with Gasteiger partial charge in [0.15, 0.2) is 0 Å². The van der Waals surface area contributed by atoms with Crippen molar-refractivity contribution in [1.29, 1.82) is 0 Å². The molecule has 3 saturated heterocycles. The van der Waals surface area contributed by atoms with Gasteiger partial charge in [0.25, 0.3) is 0 Å². The Kier molecular flexibility index (Phi) is 9.72. The molecule has 0 aliphatic carbocycles. The average molecular weight is 521 g/mol. The quantitative estimate of drug-likeness (QED) is 0.200. The third-order valence-electron chi connectivity index (χ3n) is 8.10. The summed E-state index contributed by atoms with van der Waals surface area (Å²) in [5.74, 6) is -1.53. The normalized spacial score (nSPS) is 30.5. The molecular weight excluding hydrogens is 476 g/mol. The van der Waals surface area contributed by atoms with Crippen molar-refractivity contribution >= 4 is 29.5 Å². The highest BCUT2D eigenvalue weighted by molar-refractivity contribution is 8.02. The van der Waals surface area contributed by atoms with Crippen molar-refractivity contribution < 1.29 is 24.2 Å². The van der Waals surface area contributed by atoms with Gasteiger partial charge >= 0.3 is 5.97 Å². The summed E-state index contributed by atoms with van der Waals surface area (Å²) >= 11 is 1.68. The highest BCUT2D eigenvalue weighted by Gasteiger charge is 2.77. The van der Waals surface area contributed by atoms with Gasteiger partial charge in [0, 0.05) is 30.5 Å². The molecule has 1 N–H and O–H groups in total. The smallest absolute Gasteiger partial charge is 0.311 e. The van der Waals surface area contributed by atoms with Crippen molar-refractivity contribution in [3.05, 3.63) is 25.3 Å². The van der Waals surface area contributed by atoms with Crippen LogP contribution in [-0.2, 0) is 19.1 Å². The second kappa shape index (κ2) is 12.2. The molecule has 2 bridgehead atoms. The SMILES string of the molecule is C=CCCCOC(=O)[C@H]1[C@H]2C(=O)N(CCCCCCO)C(C(=O)N(CC=C)C(C)C)C23CC[C@]1(C)S3. The number of nitrogens with zero attached hydrogens (tertiary/aromatic N) is 2. The van der Waals surface area contributed by atoms with E-state index in [1.807, 2.05) is 13.8 Å². The lowest BCUT2D eigenvalue weighted by Gasteiger charge is -2.38. The predicted octanol–water partition coefficient (Wildman–Crippen LogP) is 3.95. The summed E-state index contributed by atoms with van der Waals surface area (Å²) in [6.07, 6.45) is 9.79. The van der Waals surface area contributed by atoms with E-state index in [1.54, 1.807) is 33.7 Å². The second-order valence-corrected chi connectivity index (χ2v) is 12.8. The number of likely N-dealkylation sites (tertiary alicyclic amines) is 1. The maximum Gasteiger partial charge on any atom is 0.311 e. The van der Waals surface area contributed by atoms with Gasteiger partial charge in [-0.15, -0.1) is 24.9 Å². The van der Waals surface area contributed by atoms with E-state index >= 15 is 0 Å². The van der Waals surface area contributed by atoms with Gasteiger partial charge in [-0.05, 0) is 59.3 Å². The molecule has 3 aliphatic rings. The molecule has 36 heavy (non-hydrogen) atoms. The summed E-state index contributed by atoms with van der Waals surface area (Å²) in [4.78, 5) is 45.1. The molecule has 8 heteroatoms. The molecule has 0 aromatic rings. The average Bonchev–Trinajstić information content (AvgIpc) is 3.40. The molecule has 7 nitrogen and oxygen atoms in total. The number of aliphatic hydroxyl groups excluding tert-OH is 1. The van der Waals surface area contributed by atoms with Crippen LogP contribution in [0.1, 0.15) is 72.1 Å². The first kappa shape index (κ1) is 28.8. The topological polar surface area (TPSA) is 87.1 Å². The van der Waals surface area contributed by atoms with Crippen LogP contribution in [-0.4, -0.2) is 80.6 Å². The number of thioether (sulfide) groups is 1. The zero-order valence-corrected chi connectivity index (χ0v) is 23.1. The third-order valence-corrected chi connectivity index (χ3v) is 10.1. The lowest BCUT2D eigenvalue weighted by molar-refractivity contribution is -0.155. The van der Waals surface area contributed by atoms with E-state index < -0.39 is 27.4 Å². The van der Waals surface area contributed by atoms with Gasteiger partial charge in [-0.25, -0.2) is 0 Å². The fourth-order valence-electron chi connectivity index (χ4n) is 6.39. The zero-order valence-electron chi connectivity index (χ0n) is 22.2. The van der Waals surface area contributed by atoms with Crippen molar-refractivity contribution in [2.45, 2.75) is 93.7 Å². The fourth-order valence-corrected chi connectivity index (χ4v) is 8.73. The minimum atomic E-state index is -0.618. The molecule has 2 amide bonds. The van der Waals surface area contributed by atoms with Gasteiger partial charge in [0.05, 0.1) is 23.2 Å². The van der Waals surface area contributed by atoms with Crippen LogP contribution in [0.4, 0.5) is 0 Å². The van der Waals surface area contributed by atoms with Crippen molar-refractivity contribution in [2.75, 3.05) is 26.3 Å². The van der Waals surface area contributed by atoms with Gasteiger partial charge in [-0.1, -0.05) is 25.0 Å². The Hall–Kier alpha value is -1.80. The predicted molar refractivity (Wildman–Crippen MR) is 143 cm³/mol. The van der Waals surface area contributed by atoms with Gasteiger partial charge in [0.2, 0.25) is 11.8 Å². The van der Waals surface area contributed by atoms with Crippen LogP contribution in [0.3, 0.4) is 0 Å². The molecule has 3 heterocycles. The molecule has 3 rings (SSSR count). The number of hydrogen-bond donors (Lipinski definition) is 1. The molecule has 202 valence electrons. The van der Waals surface area contributed by atoms with Crippen LogP contribution < -0.4 is 0 Å². The summed E-state index contributed by atoms with van der Waals surface area (Å²) in [5.41, 5.74) is 0. The van der Waals surface area contributed by atoms with Crippen molar-refractivity contribution in [3.8, 4) is 0 Å². The molecule has 2 unspecified atom stereocenters. The van der Waals surface area contributed by atoms with Gasteiger partial charge in [-0.3, -0.25) is 14.4 Å². The van der Waals surface area contributed by atoms with Gasteiger partial charge in [0.1, 0.15) is 6.04 Å². The van der Waals surface area contributed by atoms with Crippen molar-refractivity contribution in [1.82, 2.24) is 9.80 Å². The number of unbranched alkanes of at least 4 members (excludes halogenated alkanes) is 4. The third kappa shape index (κ3) is 5.26. The molecule has 0 radical (unpaired) electrons. The number of ether oxygens (including phenoxy) is 1. The lowest BCUT2D eigenvalue weighted by Crippen LogP contribution is -2.56. The largest absolute Gasteiger partial charge is 0.465 e. The molecular formula is C28H44N2O5S. The van der Waals surface area contributed by atoms with Crippen molar-refractivity contribution in [3.63, 3.8) is 0 Å². The van der Waals surface area contributed by atoms with E-state index in [9.17, 15) is 14.4 Å². The first-order valence-electron chi connectivity index (χ1n) is 13.5. The number of carbonyl (C=O) groups excluding carboxylic acids is 3. The Balaban J connectivity index is 1.93. The summed E-state index contributed by atoms with van der Waals surface area (Å²) < 4.78 is 4.64. The highest BCUT2D eigenvalue weighted by Crippen LogP contribution is 2.71. The number of hydrogen-bond acceptors (Lipinski definition) is 6. The Bertz CT molecular complexity index is 848. The first-order chi connectivity index (χ1) is 17.2. The van der Waals surface area contributed by atoms with E-state index in [4.69, 9.17) is 9.84 Å². The molecule has 5 atom stereocenters. The fraction of sp³-hybridized carbons (Fsp3) is 0.750. The molecule has 3 fully saturated rings. The Morgan fingerprint density at radius 2 is 1.92 bits per heavy atom. The molecule has 1 spiro atoms. The zero-order chi connectivity index (χ0) is 26.5. The van der Waals surface area contributed by atoms with Gasteiger partial charge < -0.3 is 19.6 Å². The maximum atomic E-state index is 14.1. The van der Waals surface area contributed by atoms with Crippen LogP contribution in [0.15, 0.2) is 25.3 Å². The number of aliphatic hydroxyl groups is 1. The summed E-state index contributed by atoms with van der Waals surface area (Å²) in [6.45, 7) is 15.0. The number of fused-ring (bicyclic) bond motifs is 1. The minimum absolute atomic E-state index is 0.0303. The Labute approximate surface area is 220 Å². The van der Waals surface area contributed by atoms with Crippen LogP contribution in [0.5, 0.6) is 0 Å². The van der Waals surface area contributed by atoms with Crippen LogP contribution >= 0.6 is 11.8 Å². The number of amides is 2. The molecule has 0 aromatic heterocycles. The van der Waals surface area contributed by atoms with Crippen LogP contribution in [0.25, 0.3) is 0 Å². The Morgan fingerprint density at radius 3 is 2.56 bits per heavy atom. The Morgan fingerprint density at radius 1 is 1.19 bits per heavy atom. The van der Waals surface area contributed by atoms with Gasteiger partial charge in [-0.2, -0.15) is 0 Å². The molecule has 3 aliphatic heterocycles. The van der Waals surface area contributed by atoms with Crippen LogP contribution in [0, 0.1) is 11.8 Å². The van der Waals surface area contributed by atoms with Crippen molar-refractivity contribution in [2.24, 2.45) is 11.8 Å². The van der Waals surface area contributed by atoms with E-state index in [-0.39, 0.29) is 30.4 Å². The lowest BCUT2D eigenvalue weighted by atomic mass is 9.66. The monoisotopic (exact) mass is 520 g/mol. The highest BCUT2D eigenvalue weighted by atomic mass is 32.2. The van der Waals surface area contributed by atoms with E-state index in [1.165, 1.54) is 0 Å². The summed E-state index contributed by atoms with van der Waals surface area (Å²) in [5, 5.41) is 9.10. The number of esters is 1. The summed E-state index contributed by atoms with van der Waals surface area (Å²) in [6, 6.07) is -0.627. The van der Waals surface area contributed by atoms with E-state index in [0.29, 0.717) is 26.1 Å². The summed E-state index contributed by atoms with van der Waals surface area (Å²) in [7, 11) is 0. The maximum absolute atomic E-state index is 14.1. The molecule has 0 aromatic carbocycles. The standard InChI is InChI=1S/C28H44N2O5S/c1-6-8-13-19-35-26(34)22-21-24(32)30(17-11-9-10-12-18-31)23(25(33)29(16-7-2)20(3)4)28(21)15-14-27(22,5)36-28/h6-7,20-23,31H,1-2,8-19H2,3-5H3/t21-,22+,23?,27-,28?/m0/s1.